The minimum atomic E-state index is -0.632. The Morgan fingerprint density at radius 3 is 2.48 bits per heavy atom. The molecule has 1 aromatic heterocycles. The predicted molar refractivity (Wildman–Crippen MR) is 84.7 cm³/mol. The molecule has 4 nitrogen and oxygen atoms in total. The average molecular weight is 305 g/mol. The Kier molecular flexibility index (Phi) is 4.63. The lowest BCUT2D eigenvalue weighted by atomic mass is 10.0. The highest BCUT2D eigenvalue weighted by atomic mass is 32.1. The second kappa shape index (κ2) is 6.26. The number of fused-ring (bicyclic) bond motifs is 1. The molecule has 0 aliphatic rings. The molecule has 2 aromatic rings. The number of nitrogens with one attached hydrogen (secondary N) is 1. The van der Waals surface area contributed by atoms with Crippen LogP contribution in [0, 0.1) is 12.8 Å². The number of amides is 1. The van der Waals surface area contributed by atoms with Crippen LogP contribution in [0.1, 0.15) is 29.1 Å². The first-order valence-electron chi connectivity index (χ1n) is 6.82. The Morgan fingerprint density at radius 2 is 1.90 bits per heavy atom. The summed E-state index contributed by atoms with van der Waals surface area (Å²) in [5.41, 5.74) is 0.945. The highest BCUT2D eigenvalue weighted by Gasteiger charge is 2.26. The third-order valence-corrected chi connectivity index (χ3v) is 4.73. The molecule has 0 aliphatic carbocycles. The fourth-order valence-corrected chi connectivity index (χ4v) is 3.33. The smallest absolute Gasteiger partial charge is 0.328 e. The van der Waals surface area contributed by atoms with Crippen LogP contribution in [0.5, 0.6) is 0 Å². The normalized spacial score (nSPS) is 12.4. The summed E-state index contributed by atoms with van der Waals surface area (Å²) >= 11 is 1.44. The summed E-state index contributed by atoms with van der Waals surface area (Å²) in [5, 5.41) is 3.86. The number of methoxy groups -OCH3 is 1. The van der Waals surface area contributed by atoms with Gasteiger partial charge in [-0.25, -0.2) is 4.79 Å². The van der Waals surface area contributed by atoms with Crippen molar-refractivity contribution >= 4 is 33.3 Å². The molecule has 5 heteroatoms. The first kappa shape index (κ1) is 15.5. The van der Waals surface area contributed by atoms with Crippen LogP contribution in [-0.2, 0) is 9.53 Å². The fourth-order valence-electron chi connectivity index (χ4n) is 2.22. The number of ether oxygens (including phenoxy) is 1. The highest BCUT2D eigenvalue weighted by molar-refractivity contribution is 7.21. The van der Waals surface area contributed by atoms with Gasteiger partial charge in [-0.2, -0.15) is 0 Å². The SMILES string of the molecule is COC(=O)C(NC(=O)c1sc2ccccc2c1C)C(C)C. The lowest BCUT2D eigenvalue weighted by molar-refractivity contribution is -0.144. The molecule has 112 valence electrons. The van der Waals surface area contributed by atoms with Crippen molar-refractivity contribution in [1.82, 2.24) is 5.32 Å². The third kappa shape index (κ3) is 3.08. The van der Waals surface area contributed by atoms with Crippen molar-refractivity contribution in [1.29, 1.82) is 0 Å². The lowest BCUT2D eigenvalue weighted by Gasteiger charge is -2.19. The second-order valence-corrected chi connectivity index (χ2v) is 6.32. The molecule has 1 unspecified atom stereocenters. The minimum absolute atomic E-state index is 0.0314. The van der Waals surface area contributed by atoms with Gasteiger partial charge < -0.3 is 10.1 Å². The van der Waals surface area contributed by atoms with E-state index < -0.39 is 12.0 Å². The van der Waals surface area contributed by atoms with E-state index in [1.807, 2.05) is 45.0 Å². The summed E-state index contributed by atoms with van der Waals surface area (Å²) in [6.07, 6.45) is 0. The third-order valence-electron chi connectivity index (χ3n) is 3.46. The zero-order valence-corrected chi connectivity index (χ0v) is 13.4. The van der Waals surface area contributed by atoms with Crippen LogP contribution in [0.3, 0.4) is 0 Å². The molecular formula is C16H19NO3S. The van der Waals surface area contributed by atoms with E-state index in [4.69, 9.17) is 4.74 Å². The molecular weight excluding hydrogens is 286 g/mol. The number of thiophene rings is 1. The van der Waals surface area contributed by atoms with Gasteiger partial charge >= 0.3 is 5.97 Å². The van der Waals surface area contributed by atoms with Crippen LogP contribution < -0.4 is 5.32 Å². The Labute approximate surface area is 128 Å². The van der Waals surface area contributed by atoms with E-state index in [2.05, 4.69) is 5.32 Å². The van der Waals surface area contributed by atoms with Gasteiger partial charge in [0.25, 0.3) is 5.91 Å². The zero-order chi connectivity index (χ0) is 15.6. The molecule has 0 aliphatic heterocycles. The molecule has 21 heavy (non-hydrogen) atoms. The lowest BCUT2D eigenvalue weighted by Crippen LogP contribution is -2.44. The average Bonchev–Trinajstić information content (AvgIpc) is 2.81. The van der Waals surface area contributed by atoms with Crippen LogP contribution in [0.25, 0.3) is 10.1 Å². The first-order chi connectivity index (χ1) is 9.95. The van der Waals surface area contributed by atoms with Gasteiger partial charge in [0.05, 0.1) is 12.0 Å². The number of aryl methyl sites for hydroxylation is 1. The summed E-state index contributed by atoms with van der Waals surface area (Å²) in [7, 11) is 1.33. The van der Waals surface area contributed by atoms with Gasteiger partial charge in [0.15, 0.2) is 0 Å². The molecule has 0 saturated heterocycles. The van der Waals surface area contributed by atoms with E-state index in [0.717, 1.165) is 15.6 Å². The highest BCUT2D eigenvalue weighted by Crippen LogP contribution is 2.30. The Hall–Kier alpha value is -1.88. The molecule has 0 fully saturated rings. The van der Waals surface area contributed by atoms with Gasteiger partial charge in [0, 0.05) is 4.70 Å². The minimum Gasteiger partial charge on any atom is -0.467 e. The van der Waals surface area contributed by atoms with Crippen molar-refractivity contribution in [2.45, 2.75) is 26.8 Å². The maximum absolute atomic E-state index is 12.5. The van der Waals surface area contributed by atoms with E-state index in [1.54, 1.807) is 0 Å². The largest absolute Gasteiger partial charge is 0.467 e. The molecule has 1 amide bonds. The Morgan fingerprint density at radius 1 is 1.24 bits per heavy atom. The number of benzene rings is 1. The first-order valence-corrected chi connectivity index (χ1v) is 7.64. The van der Waals surface area contributed by atoms with Crippen LogP contribution >= 0.6 is 11.3 Å². The van der Waals surface area contributed by atoms with Gasteiger partial charge in [-0.3, -0.25) is 4.79 Å². The van der Waals surface area contributed by atoms with E-state index in [-0.39, 0.29) is 11.8 Å². The van der Waals surface area contributed by atoms with Gasteiger partial charge in [-0.1, -0.05) is 32.0 Å². The maximum atomic E-state index is 12.5. The Bertz CT molecular complexity index is 675. The van der Waals surface area contributed by atoms with E-state index in [1.165, 1.54) is 18.4 Å². The van der Waals surface area contributed by atoms with E-state index >= 15 is 0 Å². The van der Waals surface area contributed by atoms with Crippen LogP contribution in [0.2, 0.25) is 0 Å². The summed E-state index contributed by atoms with van der Waals surface area (Å²) in [6, 6.07) is 7.26. The molecule has 1 atom stereocenters. The van der Waals surface area contributed by atoms with E-state index in [0.29, 0.717) is 4.88 Å². The van der Waals surface area contributed by atoms with Crippen molar-refractivity contribution in [3.63, 3.8) is 0 Å². The number of hydrogen-bond donors (Lipinski definition) is 1. The summed E-state index contributed by atoms with van der Waals surface area (Å²) in [5.74, 6) is -0.675. The molecule has 0 saturated carbocycles. The van der Waals surface area contributed by atoms with Gasteiger partial charge in [-0.15, -0.1) is 11.3 Å². The molecule has 0 bridgehead atoms. The number of esters is 1. The fraction of sp³-hybridized carbons (Fsp3) is 0.375. The Balaban J connectivity index is 2.29. The number of carbonyl (C=O) groups is 2. The summed E-state index contributed by atoms with van der Waals surface area (Å²) in [6.45, 7) is 5.68. The van der Waals surface area contributed by atoms with Gasteiger partial charge in [0.2, 0.25) is 0 Å². The van der Waals surface area contributed by atoms with Crippen molar-refractivity contribution in [3.05, 3.63) is 34.7 Å². The van der Waals surface area contributed by atoms with Crippen LogP contribution in [0.4, 0.5) is 0 Å². The van der Waals surface area contributed by atoms with Crippen LogP contribution in [0.15, 0.2) is 24.3 Å². The monoisotopic (exact) mass is 305 g/mol. The maximum Gasteiger partial charge on any atom is 0.328 e. The molecule has 1 aromatic carbocycles. The van der Waals surface area contributed by atoms with Crippen molar-refractivity contribution < 1.29 is 14.3 Å². The number of hydrogen-bond acceptors (Lipinski definition) is 4. The van der Waals surface area contributed by atoms with Crippen LogP contribution in [-0.4, -0.2) is 25.0 Å². The standard InChI is InChI=1S/C16H19NO3S/c1-9(2)13(16(19)20-4)17-15(18)14-10(3)11-7-5-6-8-12(11)21-14/h5-9,13H,1-4H3,(H,17,18). The quantitative estimate of drug-likeness (QED) is 0.883. The molecule has 1 heterocycles. The van der Waals surface area contributed by atoms with Crippen molar-refractivity contribution in [2.24, 2.45) is 5.92 Å². The summed E-state index contributed by atoms with van der Waals surface area (Å²) in [4.78, 5) is 24.8. The topological polar surface area (TPSA) is 55.4 Å². The zero-order valence-electron chi connectivity index (χ0n) is 12.6. The molecule has 0 spiro atoms. The second-order valence-electron chi connectivity index (χ2n) is 5.27. The van der Waals surface area contributed by atoms with Gasteiger partial charge in [0.1, 0.15) is 6.04 Å². The van der Waals surface area contributed by atoms with Crippen molar-refractivity contribution in [3.8, 4) is 0 Å². The van der Waals surface area contributed by atoms with Crippen molar-refractivity contribution in [2.75, 3.05) is 7.11 Å². The molecule has 2 rings (SSSR count). The number of rotatable bonds is 4. The summed E-state index contributed by atoms with van der Waals surface area (Å²) < 4.78 is 5.82. The number of carbonyl (C=O) groups excluding carboxylic acids is 2. The van der Waals surface area contributed by atoms with E-state index in [9.17, 15) is 9.59 Å². The molecule has 1 N–H and O–H groups in total. The molecule has 0 radical (unpaired) electrons. The predicted octanol–water partition coefficient (Wildman–Crippen LogP) is 3.14. The van der Waals surface area contributed by atoms with Gasteiger partial charge in [-0.05, 0) is 29.9 Å².